The van der Waals surface area contributed by atoms with Crippen molar-refractivity contribution < 1.29 is 53.3 Å². The van der Waals surface area contributed by atoms with Gasteiger partial charge in [0, 0.05) is 30.5 Å². The van der Waals surface area contributed by atoms with Crippen LogP contribution in [0.1, 0.15) is 31.2 Å². The number of amides is 2. The number of thiazole rings is 1. The molecule has 3 aromatic rings. The number of hydrogen-bond donors (Lipinski definition) is 4. The number of benzene rings is 1. The number of allylic oxidation sites excluding steroid dienone is 1. The Morgan fingerprint density at radius 3 is 2.52 bits per heavy atom. The lowest BCUT2D eigenvalue weighted by molar-refractivity contribution is -0.151. The normalized spacial score (nSPS) is 17.8. The zero-order valence-corrected chi connectivity index (χ0v) is 28.8. The first-order valence-electron chi connectivity index (χ1n) is 13.8. The van der Waals surface area contributed by atoms with E-state index >= 15 is 0 Å². The lowest BCUT2D eigenvalue weighted by Gasteiger charge is -2.49. The number of carboxylic acids is 2. The fraction of sp³-hybridized carbons (Fsp3) is 0.214. The van der Waals surface area contributed by atoms with Crippen LogP contribution in [0.25, 0.3) is 0 Å². The highest BCUT2D eigenvalue weighted by molar-refractivity contribution is 8.03. The molecule has 50 heavy (non-hydrogen) atoms. The maximum Gasteiger partial charge on any atom is 0.352 e. The molecule has 22 heteroatoms. The van der Waals surface area contributed by atoms with Gasteiger partial charge in [-0.25, -0.2) is 14.6 Å². The number of β-lactam (4-membered cyclic amide) rings is 1. The van der Waals surface area contributed by atoms with E-state index in [0.717, 1.165) is 40.4 Å². The molecule has 260 valence electrons. The van der Waals surface area contributed by atoms with Crippen LogP contribution in [-0.4, -0.2) is 88.3 Å². The van der Waals surface area contributed by atoms with Gasteiger partial charge in [-0.2, -0.15) is 0 Å². The van der Waals surface area contributed by atoms with Crippen molar-refractivity contribution in [2.24, 2.45) is 5.16 Å². The summed E-state index contributed by atoms with van der Waals surface area (Å²) in [6.45, 7) is 2.20. The molecule has 2 aliphatic heterocycles. The number of rotatable bonds is 13. The molecular weight excluding hydrogens is 739 g/mol. The molecule has 18 nitrogen and oxygen atoms in total. The highest BCUT2D eigenvalue weighted by Gasteiger charge is 2.54. The van der Waals surface area contributed by atoms with Crippen LogP contribution >= 0.6 is 46.4 Å². The number of carbonyl (C=O) groups is 6. The molecule has 0 spiro atoms. The maximum absolute atomic E-state index is 13.6. The average molecular weight is 762 g/mol. The molecule has 2 aromatic heterocycles. The van der Waals surface area contributed by atoms with Gasteiger partial charge >= 0.3 is 23.9 Å². The number of ether oxygens (including phenoxy) is 2. The largest absolute Gasteiger partial charge is 0.478 e. The molecule has 2 amide bonds. The molecule has 0 radical (unpaired) electrons. The summed E-state index contributed by atoms with van der Waals surface area (Å²) >= 11 is 4.62. The van der Waals surface area contributed by atoms with E-state index in [4.69, 9.17) is 20.0 Å². The number of nitrogens with one attached hydrogen (secondary N) is 1. The summed E-state index contributed by atoms with van der Waals surface area (Å²) in [6.07, 6.45) is 1.26. The van der Waals surface area contributed by atoms with Crippen molar-refractivity contribution in [3.05, 3.63) is 63.8 Å². The Kier molecular flexibility index (Phi) is 11.1. The van der Waals surface area contributed by atoms with Crippen molar-refractivity contribution >= 4 is 92.9 Å². The van der Waals surface area contributed by atoms with Gasteiger partial charge in [0.2, 0.25) is 6.10 Å². The van der Waals surface area contributed by atoms with Gasteiger partial charge in [0.05, 0.1) is 6.20 Å². The Morgan fingerprint density at radius 1 is 1.16 bits per heavy atom. The summed E-state index contributed by atoms with van der Waals surface area (Å²) in [7, 11) is 0. The Hall–Kier alpha value is -5.32. The van der Waals surface area contributed by atoms with Gasteiger partial charge in [-0.05, 0) is 40.7 Å². The second-order valence-corrected chi connectivity index (χ2v) is 13.9. The number of fused-ring (bicyclic) bond motifs is 1. The Labute approximate surface area is 297 Å². The average Bonchev–Trinajstić information content (AvgIpc) is 3.73. The van der Waals surface area contributed by atoms with Crippen molar-refractivity contribution in [2.75, 3.05) is 11.5 Å². The van der Waals surface area contributed by atoms with Crippen LogP contribution in [0.3, 0.4) is 0 Å². The topological polar surface area (TPSA) is 263 Å². The Bertz CT molecular complexity index is 1960. The quantitative estimate of drug-likeness (QED) is 0.0485. The highest BCUT2D eigenvalue weighted by Crippen LogP contribution is 2.41. The maximum atomic E-state index is 13.6. The number of aliphatic carboxylic acids is 2. The molecule has 0 saturated carbocycles. The number of carbonyl (C=O) groups excluding carboxylic acids is 4. The summed E-state index contributed by atoms with van der Waals surface area (Å²) in [5.74, 6) is -6.35. The number of anilines is 1. The van der Waals surface area contributed by atoms with Crippen LogP contribution in [0.15, 0.2) is 61.9 Å². The third kappa shape index (κ3) is 8.10. The van der Waals surface area contributed by atoms with E-state index < -0.39 is 58.9 Å². The standard InChI is InChI=1S/C28H23N7O11S4/c1-11(36)44-16-4-3-13(7-17(16)45-12(2)37)22(27(42)43)46-33-19(15-10-49-28(29)31-15)23(38)32-20-24(39)35-21(26(40)41)14(9-48-25(20)35)5-6-47-18-8-30-34-50-18/h3-8,10,20,22,25H,9H2,1-2H3,(H2,29,31)(H,32,38)(H,40,41)(H,42,43)/b6-5+,33-19-/t20-,22-,25+/m1/s1. The minimum absolute atomic E-state index is 0.0395. The molecule has 0 unspecified atom stereocenters. The van der Waals surface area contributed by atoms with E-state index in [1.165, 1.54) is 52.6 Å². The summed E-state index contributed by atoms with van der Waals surface area (Å²) < 4.78 is 14.6. The molecule has 2 aliphatic rings. The predicted molar refractivity (Wildman–Crippen MR) is 178 cm³/mol. The minimum Gasteiger partial charge on any atom is -0.478 e. The van der Waals surface area contributed by atoms with Gasteiger partial charge in [-0.1, -0.05) is 27.5 Å². The molecule has 4 heterocycles. The first-order valence-corrected chi connectivity index (χ1v) is 17.4. The number of nitrogens with two attached hydrogens (primary N) is 1. The molecule has 3 atom stereocenters. The van der Waals surface area contributed by atoms with Crippen LogP contribution in [0.5, 0.6) is 11.5 Å². The van der Waals surface area contributed by atoms with Crippen molar-refractivity contribution in [2.45, 2.75) is 35.6 Å². The van der Waals surface area contributed by atoms with E-state index in [1.807, 2.05) is 0 Å². The minimum atomic E-state index is -1.88. The second-order valence-electron chi connectivity index (χ2n) is 9.93. The highest BCUT2D eigenvalue weighted by atomic mass is 32.2. The van der Waals surface area contributed by atoms with Crippen molar-refractivity contribution in [1.82, 2.24) is 24.8 Å². The van der Waals surface area contributed by atoms with Crippen LogP contribution in [0, 0.1) is 0 Å². The fourth-order valence-electron chi connectivity index (χ4n) is 4.49. The van der Waals surface area contributed by atoms with Gasteiger partial charge in [0.15, 0.2) is 22.3 Å². The molecule has 0 aliphatic carbocycles. The number of thioether (sulfide) groups is 2. The van der Waals surface area contributed by atoms with E-state index in [9.17, 15) is 39.0 Å². The number of hydrogen-bond acceptors (Lipinski definition) is 18. The first kappa shape index (κ1) is 36.0. The molecule has 1 fully saturated rings. The third-order valence-electron chi connectivity index (χ3n) is 6.51. The number of aromatic nitrogens is 3. The van der Waals surface area contributed by atoms with Crippen LogP contribution in [-0.2, 0) is 33.6 Å². The van der Waals surface area contributed by atoms with E-state index in [2.05, 4.69) is 25.0 Å². The molecule has 1 saturated heterocycles. The number of esters is 2. The molecule has 5 N–H and O–H groups in total. The van der Waals surface area contributed by atoms with Crippen LogP contribution in [0.4, 0.5) is 5.13 Å². The zero-order chi connectivity index (χ0) is 36.1. The van der Waals surface area contributed by atoms with Gasteiger partial charge in [-0.3, -0.25) is 24.1 Å². The van der Waals surface area contributed by atoms with Crippen molar-refractivity contribution in [3.8, 4) is 11.5 Å². The van der Waals surface area contributed by atoms with E-state index in [1.54, 1.807) is 17.7 Å². The number of carboxylic acid groups (broad SMARTS) is 2. The Morgan fingerprint density at radius 2 is 1.90 bits per heavy atom. The summed E-state index contributed by atoms with van der Waals surface area (Å²) in [5.41, 5.74) is 5.14. The number of oxime groups is 1. The van der Waals surface area contributed by atoms with E-state index in [-0.39, 0.29) is 39.3 Å². The van der Waals surface area contributed by atoms with Gasteiger partial charge in [0.25, 0.3) is 11.8 Å². The van der Waals surface area contributed by atoms with Crippen molar-refractivity contribution in [3.63, 3.8) is 0 Å². The molecular formula is C28H23N7O11S4. The SMILES string of the molecule is CC(=O)Oc1ccc([C@@H](O/N=C(\C(=O)N[C@@H]2C(=O)N3C(C(=O)O)=C(/C=C/Sc4cnns4)CS[C@@H]23)c2csc(N)n2)C(=O)O)cc1OC(C)=O. The number of nitrogens with zero attached hydrogens (tertiary/aromatic N) is 5. The first-order chi connectivity index (χ1) is 23.8. The van der Waals surface area contributed by atoms with E-state index in [0.29, 0.717) is 5.57 Å². The van der Waals surface area contributed by atoms with Gasteiger partial charge < -0.3 is 35.6 Å². The number of nitrogen functional groups attached to an aromatic ring is 1. The summed E-state index contributed by atoms with van der Waals surface area (Å²) in [4.78, 5) is 84.8. The van der Waals surface area contributed by atoms with Crippen LogP contribution in [0.2, 0.25) is 0 Å². The lowest BCUT2D eigenvalue weighted by atomic mass is 10.0. The van der Waals surface area contributed by atoms with Gasteiger partial charge in [-0.15, -0.1) is 28.2 Å². The Balaban J connectivity index is 1.37. The fourth-order valence-corrected chi connectivity index (χ4v) is 7.54. The van der Waals surface area contributed by atoms with Crippen LogP contribution < -0.4 is 20.5 Å². The zero-order valence-electron chi connectivity index (χ0n) is 25.5. The molecule has 5 rings (SSSR count). The summed E-state index contributed by atoms with van der Waals surface area (Å²) in [6, 6.07) is 2.31. The van der Waals surface area contributed by atoms with Gasteiger partial charge in [0.1, 0.15) is 27.0 Å². The predicted octanol–water partition coefficient (Wildman–Crippen LogP) is 2.02. The summed E-state index contributed by atoms with van der Waals surface area (Å²) in [5, 5.41) is 32.2. The molecule has 1 aromatic carbocycles. The van der Waals surface area contributed by atoms with Crippen molar-refractivity contribution in [1.29, 1.82) is 0 Å². The monoisotopic (exact) mass is 761 g/mol. The third-order valence-corrected chi connectivity index (χ3v) is 10.1. The smallest absolute Gasteiger partial charge is 0.352 e. The second kappa shape index (κ2) is 15.5. The molecule has 0 bridgehead atoms. The lowest BCUT2D eigenvalue weighted by Crippen LogP contribution is -2.71.